The van der Waals surface area contributed by atoms with Crippen molar-refractivity contribution in [3.8, 4) is 0 Å². The van der Waals surface area contributed by atoms with E-state index in [0.29, 0.717) is 0 Å². The zero-order chi connectivity index (χ0) is 6.85. The minimum atomic E-state index is 1.17. The van der Waals surface area contributed by atoms with Crippen molar-refractivity contribution in [2.75, 3.05) is 0 Å². The summed E-state index contributed by atoms with van der Waals surface area (Å²) in [6.45, 7) is 2.08. The molecule has 0 saturated carbocycles. The average molecular weight is 203 g/mol. The first kappa shape index (κ1) is 7.24. The highest BCUT2D eigenvalue weighted by atomic mass is 79.9. The zero-order valence-electron chi connectivity index (χ0n) is 5.19. The molecule has 1 rings (SSSR count). The Labute approximate surface area is 66.0 Å². The van der Waals surface area contributed by atoms with Crippen molar-refractivity contribution in [1.29, 1.82) is 0 Å². The van der Waals surface area contributed by atoms with E-state index in [1.165, 1.54) is 15.3 Å². The van der Waals surface area contributed by atoms with Crippen LogP contribution in [0.4, 0.5) is 0 Å². The standard InChI is InChI=1S/C7H8BrP/c1-5-4-6(9)2-3-7(5)8/h2-4H,9H2,1H3. The van der Waals surface area contributed by atoms with Crippen LogP contribution in [0.15, 0.2) is 22.7 Å². The highest BCUT2D eigenvalue weighted by Gasteiger charge is 1.90. The molecule has 0 saturated heterocycles. The van der Waals surface area contributed by atoms with Crippen LogP contribution in [-0.2, 0) is 0 Å². The van der Waals surface area contributed by atoms with Gasteiger partial charge in [-0.1, -0.05) is 28.1 Å². The van der Waals surface area contributed by atoms with Gasteiger partial charge in [-0.2, -0.15) is 0 Å². The first-order valence-corrected chi connectivity index (χ1v) is 4.09. The molecule has 1 aromatic rings. The molecule has 9 heavy (non-hydrogen) atoms. The minimum absolute atomic E-state index is 1.17. The average Bonchev–Trinajstić information content (AvgIpc) is 1.80. The van der Waals surface area contributed by atoms with Gasteiger partial charge in [-0.25, -0.2) is 0 Å². The molecule has 0 N–H and O–H groups in total. The Morgan fingerprint density at radius 2 is 2.11 bits per heavy atom. The first-order valence-electron chi connectivity index (χ1n) is 2.72. The lowest BCUT2D eigenvalue weighted by Crippen LogP contribution is -1.89. The summed E-state index contributed by atoms with van der Waals surface area (Å²) in [6, 6.07) is 6.23. The summed E-state index contributed by atoms with van der Waals surface area (Å²) in [5.41, 5.74) is 1.28. The van der Waals surface area contributed by atoms with Gasteiger partial charge in [0.1, 0.15) is 0 Å². The molecule has 0 heterocycles. The highest BCUT2D eigenvalue weighted by molar-refractivity contribution is 9.10. The Hall–Kier alpha value is 0.130. The molecule has 48 valence electrons. The van der Waals surface area contributed by atoms with Crippen molar-refractivity contribution in [3.63, 3.8) is 0 Å². The fourth-order valence-corrected chi connectivity index (χ4v) is 1.26. The van der Waals surface area contributed by atoms with Crippen molar-refractivity contribution < 1.29 is 0 Å². The van der Waals surface area contributed by atoms with Gasteiger partial charge < -0.3 is 0 Å². The molecule has 0 fully saturated rings. The van der Waals surface area contributed by atoms with Crippen LogP contribution in [0.3, 0.4) is 0 Å². The maximum Gasteiger partial charge on any atom is 0.0204 e. The van der Waals surface area contributed by atoms with E-state index in [-0.39, 0.29) is 0 Å². The second-order valence-electron chi connectivity index (χ2n) is 2.01. The van der Waals surface area contributed by atoms with Crippen molar-refractivity contribution >= 4 is 30.5 Å². The molecule has 0 nitrogen and oxygen atoms in total. The van der Waals surface area contributed by atoms with E-state index in [2.05, 4.69) is 50.3 Å². The smallest absolute Gasteiger partial charge is 0.0204 e. The van der Waals surface area contributed by atoms with Gasteiger partial charge in [-0.05, 0) is 23.9 Å². The predicted octanol–water partition coefficient (Wildman–Crippen LogP) is 2.26. The lowest BCUT2D eigenvalue weighted by Gasteiger charge is -1.96. The second kappa shape index (κ2) is 2.81. The van der Waals surface area contributed by atoms with E-state index in [4.69, 9.17) is 0 Å². The molecule has 0 bridgehead atoms. The van der Waals surface area contributed by atoms with Crippen LogP contribution in [0.5, 0.6) is 0 Å². The number of halogens is 1. The van der Waals surface area contributed by atoms with Crippen LogP contribution in [0.2, 0.25) is 0 Å². The summed E-state index contributed by atoms with van der Waals surface area (Å²) in [4.78, 5) is 0. The summed E-state index contributed by atoms with van der Waals surface area (Å²) in [5, 5.41) is 1.23. The van der Waals surface area contributed by atoms with E-state index in [1.54, 1.807) is 0 Å². The largest absolute Gasteiger partial charge is 0.106 e. The van der Waals surface area contributed by atoms with Gasteiger partial charge in [0.05, 0.1) is 0 Å². The fraction of sp³-hybridized carbons (Fsp3) is 0.143. The molecule has 1 atom stereocenters. The normalized spacial score (nSPS) is 9.67. The SMILES string of the molecule is Cc1cc(P)ccc1Br. The van der Waals surface area contributed by atoms with E-state index < -0.39 is 0 Å². The van der Waals surface area contributed by atoms with Crippen molar-refractivity contribution in [2.45, 2.75) is 6.92 Å². The van der Waals surface area contributed by atoms with Gasteiger partial charge in [-0.15, -0.1) is 9.24 Å². The molecular formula is C7H8BrP. The molecule has 0 aliphatic rings. The quantitative estimate of drug-likeness (QED) is 0.567. The van der Waals surface area contributed by atoms with E-state index in [9.17, 15) is 0 Å². The topological polar surface area (TPSA) is 0 Å². The number of aryl methyl sites for hydroxylation is 1. The Morgan fingerprint density at radius 1 is 1.44 bits per heavy atom. The molecule has 0 aliphatic heterocycles. The van der Waals surface area contributed by atoms with Gasteiger partial charge in [0.25, 0.3) is 0 Å². The fourth-order valence-electron chi connectivity index (χ4n) is 0.668. The van der Waals surface area contributed by atoms with Crippen molar-refractivity contribution in [3.05, 3.63) is 28.2 Å². The molecule has 0 radical (unpaired) electrons. The van der Waals surface area contributed by atoms with Crippen molar-refractivity contribution in [2.24, 2.45) is 0 Å². The molecule has 0 amide bonds. The predicted molar refractivity (Wildman–Crippen MR) is 48.2 cm³/mol. The van der Waals surface area contributed by atoms with Crippen LogP contribution in [0.1, 0.15) is 5.56 Å². The molecule has 2 heteroatoms. The second-order valence-corrected chi connectivity index (χ2v) is 3.53. The Morgan fingerprint density at radius 3 is 2.56 bits per heavy atom. The Bertz CT molecular complexity index is 220. The number of hydrogen-bond donors (Lipinski definition) is 0. The van der Waals surface area contributed by atoms with Gasteiger partial charge >= 0.3 is 0 Å². The lowest BCUT2D eigenvalue weighted by atomic mass is 10.2. The molecular weight excluding hydrogens is 195 g/mol. The van der Waals surface area contributed by atoms with E-state index in [0.717, 1.165) is 0 Å². The summed E-state index contributed by atoms with van der Waals surface area (Å²) in [7, 11) is 2.66. The van der Waals surface area contributed by atoms with Crippen LogP contribution >= 0.6 is 25.2 Å². The number of hydrogen-bond acceptors (Lipinski definition) is 0. The minimum Gasteiger partial charge on any atom is -0.106 e. The molecule has 1 aromatic carbocycles. The number of benzene rings is 1. The van der Waals surface area contributed by atoms with Crippen LogP contribution in [-0.4, -0.2) is 0 Å². The summed E-state index contributed by atoms with van der Waals surface area (Å²) in [6.07, 6.45) is 0. The first-order chi connectivity index (χ1) is 4.20. The zero-order valence-corrected chi connectivity index (χ0v) is 7.93. The monoisotopic (exact) mass is 202 g/mol. The third-order valence-corrected chi connectivity index (χ3v) is 2.43. The van der Waals surface area contributed by atoms with E-state index in [1.807, 2.05) is 0 Å². The van der Waals surface area contributed by atoms with Gasteiger partial charge in [-0.3, -0.25) is 0 Å². The Kier molecular flexibility index (Phi) is 2.26. The summed E-state index contributed by atoms with van der Waals surface area (Å²) in [5.74, 6) is 0. The molecule has 0 spiro atoms. The van der Waals surface area contributed by atoms with Gasteiger partial charge in [0.2, 0.25) is 0 Å². The van der Waals surface area contributed by atoms with Gasteiger partial charge in [0.15, 0.2) is 0 Å². The van der Waals surface area contributed by atoms with Crippen LogP contribution in [0.25, 0.3) is 0 Å². The van der Waals surface area contributed by atoms with Crippen molar-refractivity contribution in [1.82, 2.24) is 0 Å². The van der Waals surface area contributed by atoms with Gasteiger partial charge in [0, 0.05) is 4.47 Å². The van der Waals surface area contributed by atoms with Crippen LogP contribution in [0, 0.1) is 6.92 Å². The van der Waals surface area contributed by atoms with Crippen LogP contribution < -0.4 is 5.30 Å². The molecule has 1 unspecified atom stereocenters. The highest BCUT2D eigenvalue weighted by Crippen LogP contribution is 2.13. The molecule has 0 aliphatic carbocycles. The maximum absolute atomic E-state index is 3.42. The third-order valence-electron chi connectivity index (χ3n) is 1.18. The summed E-state index contributed by atoms with van der Waals surface area (Å²) >= 11 is 3.42. The summed E-state index contributed by atoms with van der Waals surface area (Å²) < 4.78 is 1.17. The molecule has 0 aromatic heterocycles. The number of rotatable bonds is 0. The maximum atomic E-state index is 3.42. The third kappa shape index (κ3) is 1.77. The van der Waals surface area contributed by atoms with E-state index >= 15 is 0 Å². The lowest BCUT2D eigenvalue weighted by molar-refractivity contribution is 1.45. The Balaban J connectivity index is 3.17.